The molecule has 1 amide bonds. The third-order valence-corrected chi connectivity index (χ3v) is 1.53. The summed E-state index contributed by atoms with van der Waals surface area (Å²) in [6, 6.07) is 0. The molecule has 84 valence electrons. The molecule has 0 saturated carbocycles. The van der Waals surface area contributed by atoms with E-state index in [0.29, 0.717) is 13.0 Å². The summed E-state index contributed by atoms with van der Waals surface area (Å²) in [6.07, 6.45) is 2.93. The van der Waals surface area contributed by atoms with Crippen LogP contribution in [0.5, 0.6) is 0 Å². The second-order valence-electron chi connectivity index (χ2n) is 2.79. The molecule has 15 heavy (non-hydrogen) atoms. The highest BCUT2D eigenvalue weighted by molar-refractivity contribution is 5.85. The second-order valence-corrected chi connectivity index (χ2v) is 2.79. The molecule has 0 heterocycles. The number of hydrogen-bond acceptors (Lipinski definition) is 3. The van der Waals surface area contributed by atoms with Gasteiger partial charge in [0.1, 0.15) is 6.61 Å². The Bertz CT molecular complexity index is 271. The van der Waals surface area contributed by atoms with Crippen LogP contribution in [0.25, 0.3) is 0 Å². The van der Waals surface area contributed by atoms with Gasteiger partial charge in [-0.05, 0) is 13.3 Å². The Hall–Kier alpha value is -1.78. The molecule has 2 N–H and O–H groups in total. The number of carboxylic acids is 1. The third kappa shape index (κ3) is 7.30. The van der Waals surface area contributed by atoms with E-state index in [1.54, 1.807) is 0 Å². The van der Waals surface area contributed by atoms with Gasteiger partial charge in [0.05, 0.1) is 0 Å². The van der Waals surface area contributed by atoms with Crippen molar-refractivity contribution in [3.63, 3.8) is 0 Å². The molecular weight excluding hydrogens is 198 g/mol. The molecule has 0 aliphatic heterocycles. The third-order valence-electron chi connectivity index (χ3n) is 1.53. The Morgan fingerprint density at radius 1 is 1.53 bits per heavy atom. The zero-order valence-electron chi connectivity index (χ0n) is 8.66. The molecule has 0 aromatic heterocycles. The SMILES string of the molecule is C=CCOC(=O)NCC/C=C(\C)C(=O)O. The van der Waals surface area contributed by atoms with Gasteiger partial charge >= 0.3 is 12.1 Å². The molecule has 0 aromatic carbocycles. The monoisotopic (exact) mass is 213 g/mol. The molecule has 0 radical (unpaired) electrons. The van der Waals surface area contributed by atoms with E-state index in [0.717, 1.165) is 0 Å². The smallest absolute Gasteiger partial charge is 0.407 e. The van der Waals surface area contributed by atoms with Crippen molar-refractivity contribution >= 4 is 12.1 Å². The van der Waals surface area contributed by atoms with Crippen molar-refractivity contribution in [2.24, 2.45) is 0 Å². The summed E-state index contributed by atoms with van der Waals surface area (Å²) in [5.41, 5.74) is 0.260. The molecule has 0 spiro atoms. The van der Waals surface area contributed by atoms with Crippen LogP contribution in [0, 0.1) is 0 Å². The van der Waals surface area contributed by atoms with Gasteiger partial charge in [-0.2, -0.15) is 0 Å². The molecule has 0 aliphatic rings. The van der Waals surface area contributed by atoms with E-state index in [1.165, 1.54) is 19.1 Å². The van der Waals surface area contributed by atoms with Crippen molar-refractivity contribution in [2.45, 2.75) is 13.3 Å². The van der Waals surface area contributed by atoms with Gasteiger partial charge < -0.3 is 15.2 Å². The second kappa shape index (κ2) is 7.61. The summed E-state index contributed by atoms with van der Waals surface area (Å²) >= 11 is 0. The molecule has 0 aliphatic carbocycles. The van der Waals surface area contributed by atoms with Gasteiger partial charge in [-0.25, -0.2) is 9.59 Å². The highest BCUT2D eigenvalue weighted by atomic mass is 16.5. The van der Waals surface area contributed by atoms with Crippen LogP contribution in [0.2, 0.25) is 0 Å². The fourth-order valence-electron chi connectivity index (χ4n) is 0.736. The summed E-state index contributed by atoms with van der Waals surface area (Å²) in [7, 11) is 0. The minimum Gasteiger partial charge on any atom is -0.478 e. The molecule has 0 rings (SSSR count). The Morgan fingerprint density at radius 3 is 2.73 bits per heavy atom. The van der Waals surface area contributed by atoms with Gasteiger partial charge in [-0.3, -0.25) is 0 Å². The Balaban J connectivity index is 3.62. The van der Waals surface area contributed by atoms with Crippen LogP contribution in [-0.4, -0.2) is 30.3 Å². The number of carbonyl (C=O) groups excluding carboxylic acids is 1. The van der Waals surface area contributed by atoms with Crippen LogP contribution >= 0.6 is 0 Å². The zero-order chi connectivity index (χ0) is 11.7. The summed E-state index contributed by atoms with van der Waals surface area (Å²) in [5, 5.41) is 11.0. The van der Waals surface area contributed by atoms with E-state index >= 15 is 0 Å². The minimum absolute atomic E-state index is 0.163. The zero-order valence-corrected chi connectivity index (χ0v) is 8.66. The molecule has 0 atom stereocenters. The predicted octanol–water partition coefficient (Wildman–Crippen LogP) is 1.32. The molecule has 0 unspecified atom stereocenters. The van der Waals surface area contributed by atoms with Crippen LogP contribution in [0.3, 0.4) is 0 Å². The van der Waals surface area contributed by atoms with Gasteiger partial charge in [-0.15, -0.1) is 0 Å². The van der Waals surface area contributed by atoms with Crippen LogP contribution in [0.4, 0.5) is 4.79 Å². The lowest BCUT2D eigenvalue weighted by Crippen LogP contribution is -2.25. The molecule has 0 saturated heterocycles. The first-order valence-electron chi connectivity index (χ1n) is 4.49. The molecular formula is C10H15NO4. The maximum atomic E-state index is 10.9. The van der Waals surface area contributed by atoms with Gasteiger partial charge in [0.15, 0.2) is 0 Å². The van der Waals surface area contributed by atoms with Crippen molar-refractivity contribution in [1.82, 2.24) is 5.32 Å². The molecule has 0 bridgehead atoms. The number of alkyl carbamates (subject to hydrolysis) is 1. The lowest BCUT2D eigenvalue weighted by Gasteiger charge is -2.03. The van der Waals surface area contributed by atoms with Crippen LogP contribution < -0.4 is 5.32 Å². The number of aliphatic carboxylic acids is 1. The predicted molar refractivity (Wildman–Crippen MR) is 55.6 cm³/mol. The Kier molecular flexibility index (Phi) is 6.70. The number of carboxylic acid groups (broad SMARTS) is 1. The van der Waals surface area contributed by atoms with Crippen LogP contribution in [-0.2, 0) is 9.53 Å². The highest BCUT2D eigenvalue weighted by Gasteiger charge is 2.00. The van der Waals surface area contributed by atoms with Gasteiger partial charge in [-0.1, -0.05) is 18.7 Å². The van der Waals surface area contributed by atoms with E-state index in [4.69, 9.17) is 5.11 Å². The quantitative estimate of drug-likeness (QED) is 0.396. The number of amides is 1. The highest BCUT2D eigenvalue weighted by Crippen LogP contribution is 1.94. The summed E-state index contributed by atoms with van der Waals surface area (Å²) in [6.45, 7) is 5.40. The lowest BCUT2D eigenvalue weighted by molar-refractivity contribution is -0.132. The number of hydrogen-bond donors (Lipinski definition) is 2. The van der Waals surface area contributed by atoms with Crippen LogP contribution in [0.1, 0.15) is 13.3 Å². The fraction of sp³-hybridized carbons (Fsp3) is 0.400. The molecule has 0 aromatic rings. The number of rotatable bonds is 6. The maximum absolute atomic E-state index is 10.9. The first-order valence-corrected chi connectivity index (χ1v) is 4.49. The average Bonchev–Trinajstić information content (AvgIpc) is 2.20. The Morgan fingerprint density at radius 2 is 2.20 bits per heavy atom. The van der Waals surface area contributed by atoms with Crippen molar-refractivity contribution in [3.8, 4) is 0 Å². The molecule has 5 heteroatoms. The fourth-order valence-corrected chi connectivity index (χ4v) is 0.736. The first-order chi connectivity index (χ1) is 7.07. The largest absolute Gasteiger partial charge is 0.478 e. The summed E-state index contributed by atoms with van der Waals surface area (Å²) < 4.78 is 4.64. The standard InChI is InChI=1S/C10H15NO4/c1-3-7-15-10(14)11-6-4-5-8(2)9(12)13/h3,5H,1,4,6-7H2,2H3,(H,11,14)(H,12,13)/b8-5+. The first kappa shape index (κ1) is 13.2. The van der Waals surface area contributed by atoms with Crippen molar-refractivity contribution < 1.29 is 19.4 Å². The van der Waals surface area contributed by atoms with Gasteiger partial charge in [0.2, 0.25) is 0 Å². The van der Waals surface area contributed by atoms with Crippen molar-refractivity contribution in [3.05, 3.63) is 24.3 Å². The van der Waals surface area contributed by atoms with Gasteiger partial charge in [0, 0.05) is 12.1 Å². The topological polar surface area (TPSA) is 75.6 Å². The van der Waals surface area contributed by atoms with E-state index in [-0.39, 0.29) is 12.2 Å². The van der Waals surface area contributed by atoms with E-state index in [9.17, 15) is 9.59 Å². The maximum Gasteiger partial charge on any atom is 0.407 e. The van der Waals surface area contributed by atoms with Crippen molar-refractivity contribution in [1.29, 1.82) is 0 Å². The number of carbonyl (C=O) groups is 2. The van der Waals surface area contributed by atoms with E-state index in [1.807, 2.05) is 0 Å². The summed E-state index contributed by atoms with van der Waals surface area (Å²) in [4.78, 5) is 21.2. The van der Waals surface area contributed by atoms with Crippen molar-refractivity contribution in [2.75, 3.05) is 13.2 Å². The average molecular weight is 213 g/mol. The van der Waals surface area contributed by atoms with Gasteiger partial charge in [0.25, 0.3) is 0 Å². The lowest BCUT2D eigenvalue weighted by atomic mass is 10.2. The number of nitrogens with one attached hydrogen (secondary N) is 1. The minimum atomic E-state index is -0.954. The normalized spacial score (nSPS) is 10.6. The summed E-state index contributed by atoms with van der Waals surface area (Å²) in [5.74, 6) is -0.954. The van der Waals surface area contributed by atoms with E-state index < -0.39 is 12.1 Å². The van der Waals surface area contributed by atoms with Crippen LogP contribution in [0.15, 0.2) is 24.3 Å². The van der Waals surface area contributed by atoms with E-state index in [2.05, 4.69) is 16.6 Å². The molecule has 5 nitrogen and oxygen atoms in total. The molecule has 0 fully saturated rings. The Labute approximate surface area is 88.4 Å². The number of ether oxygens (including phenoxy) is 1.